The third kappa shape index (κ3) is 44.4. The van der Waals surface area contributed by atoms with E-state index in [0.717, 1.165) is 92.5 Å². The summed E-state index contributed by atoms with van der Waals surface area (Å²) < 4.78 is 61.7. The van der Waals surface area contributed by atoms with Gasteiger partial charge in [0.05, 0.1) is 37.9 Å². The molecule has 14 rings (SSSR count). The van der Waals surface area contributed by atoms with E-state index in [4.69, 9.17) is 48.5 Å². The molecule has 0 aliphatic rings. The van der Waals surface area contributed by atoms with Crippen LogP contribution in [-0.2, 0) is 0 Å². The number of benzene rings is 5. The highest BCUT2D eigenvalue weighted by atomic mass is 35.5. The molecule has 0 unspecified atom stereocenters. The van der Waals surface area contributed by atoms with E-state index < -0.39 is 5.95 Å². The summed E-state index contributed by atoms with van der Waals surface area (Å²) in [5.74, 6) is 0.464. The van der Waals surface area contributed by atoms with E-state index in [-0.39, 0.29) is 17.6 Å². The van der Waals surface area contributed by atoms with Crippen molar-refractivity contribution >= 4 is 28.2 Å². The fourth-order valence-electron chi connectivity index (χ4n) is 7.96. The molecule has 14 aromatic rings. The van der Waals surface area contributed by atoms with Crippen molar-refractivity contribution in [3.63, 3.8) is 0 Å². The van der Waals surface area contributed by atoms with E-state index in [0.29, 0.717) is 22.2 Å². The number of nitriles is 1. The van der Waals surface area contributed by atoms with Crippen LogP contribution in [0.5, 0.6) is 11.6 Å². The highest BCUT2D eigenvalue weighted by Crippen LogP contribution is 2.17. The van der Waals surface area contributed by atoms with Crippen molar-refractivity contribution in [3.05, 3.63) is 417 Å². The maximum Gasteiger partial charge on any atom is 0.231 e. The predicted octanol–water partition coefficient (Wildman–Crippen LogP) is 20.7. The van der Waals surface area contributed by atoms with Crippen LogP contribution in [0.25, 0.3) is 15.7 Å². The molecule has 0 aliphatic carbocycles. The summed E-state index contributed by atoms with van der Waals surface area (Å²) >= 11 is 5.50. The van der Waals surface area contributed by atoms with Gasteiger partial charge in [0.15, 0.2) is 5.69 Å². The summed E-state index contributed by atoms with van der Waals surface area (Å²) in [6.07, 6.45) is 19.8. The Bertz CT molecular complexity index is 4580. The molecule has 0 amide bonds. The summed E-state index contributed by atoms with van der Waals surface area (Å²) in [6, 6.07) is 69.3. The molecule has 0 atom stereocenters. The van der Waals surface area contributed by atoms with Crippen LogP contribution in [-0.4, -0.2) is 59.7 Å². The first-order valence-electron chi connectivity index (χ1n) is 34.4. The lowest BCUT2D eigenvalue weighted by atomic mass is 10.2. The van der Waals surface area contributed by atoms with Crippen LogP contribution in [0.1, 0.15) is 78.0 Å². The van der Waals surface area contributed by atoms with E-state index in [1.165, 1.54) is 47.6 Å². The summed E-state index contributed by atoms with van der Waals surface area (Å²) in [5, 5.41) is 36.4. The molecule has 5 aromatic carbocycles. The summed E-state index contributed by atoms with van der Waals surface area (Å²) in [4.78, 5) is 26.2. The number of para-hydroxylation sites is 2. The molecule has 21 heteroatoms. The zero-order chi connectivity index (χ0) is 82.3. The molecule has 3 N–H and O–H groups in total. The Balaban J connectivity index is 0.000000409. The smallest absolute Gasteiger partial charge is 0.231 e. The van der Waals surface area contributed by atoms with Crippen LogP contribution in [0.2, 0.25) is 5.15 Å². The van der Waals surface area contributed by atoms with Crippen LogP contribution in [0.15, 0.2) is 299 Å². The average Bonchev–Trinajstić information content (AvgIpc) is 0.850. The van der Waals surface area contributed by atoms with Crippen LogP contribution in [0.3, 0.4) is 0 Å². The van der Waals surface area contributed by atoms with Crippen LogP contribution >= 0.6 is 11.6 Å². The lowest BCUT2D eigenvalue weighted by Gasteiger charge is -2.00. The van der Waals surface area contributed by atoms with Gasteiger partial charge in [0, 0.05) is 123 Å². The van der Waals surface area contributed by atoms with E-state index in [1.54, 1.807) is 145 Å². The highest BCUT2D eigenvalue weighted by Gasteiger charge is 1.99. The van der Waals surface area contributed by atoms with E-state index in [2.05, 4.69) is 59.9 Å². The number of aromatic nitrogens is 9. The monoisotopic (exact) mass is 1520 g/mol. The summed E-state index contributed by atoms with van der Waals surface area (Å²) in [6.45, 7) is 31.5. The lowest BCUT2D eigenvalue weighted by molar-refractivity contribution is -0.908. The van der Waals surface area contributed by atoms with E-state index in [1.807, 2.05) is 203 Å². The minimum Gasteiger partial charge on any atom is -0.496 e. The van der Waals surface area contributed by atoms with Crippen molar-refractivity contribution in [2.75, 3.05) is 14.2 Å². The van der Waals surface area contributed by atoms with Crippen molar-refractivity contribution < 1.29 is 56.8 Å². The Morgan fingerprint density at radius 1 is 0.432 bits per heavy atom. The van der Waals surface area contributed by atoms with Gasteiger partial charge in [0.25, 0.3) is 0 Å². The number of hydrogen-bond donors (Lipinski definition) is 3. The zero-order valence-electron chi connectivity index (χ0n) is 65.3. The van der Waals surface area contributed by atoms with Gasteiger partial charge < -0.3 is 9.47 Å². The Morgan fingerprint density at radius 2 is 1.02 bits per heavy atom. The largest absolute Gasteiger partial charge is 0.496 e. The Hall–Kier alpha value is -13.3. The molecular weight excluding hydrogens is 1430 g/mol. The van der Waals surface area contributed by atoms with Crippen molar-refractivity contribution in [2.24, 2.45) is 0 Å². The molecule has 0 fully saturated rings. The number of halogens is 5. The van der Waals surface area contributed by atoms with E-state index in [9.17, 15) is 17.6 Å². The Morgan fingerprint density at radius 3 is 1.43 bits per heavy atom. The van der Waals surface area contributed by atoms with Gasteiger partial charge >= 0.3 is 0 Å². The van der Waals surface area contributed by atoms with Gasteiger partial charge in [-0.3, -0.25) is 25.6 Å². The second-order valence-corrected chi connectivity index (χ2v) is 24.4. The van der Waals surface area contributed by atoms with Crippen LogP contribution < -0.4 is 23.7 Å². The summed E-state index contributed by atoms with van der Waals surface area (Å²) in [7, 11) is 3.26. The van der Waals surface area contributed by atoms with Gasteiger partial charge in [-0.05, 0) is 212 Å². The molecule has 9 aromatic heterocycles. The molecule has 0 saturated carbocycles. The number of pyridine rings is 9. The predicted molar refractivity (Wildman–Crippen MR) is 431 cm³/mol. The molecule has 111 heavy (non-hydrogen) atoms. The maximum absolute atomic E-state index is 12.3. The molecule has 0 bridgehead atoms. The average molecular weight is 1520 g/mol. The highest BCUT2D eigenvalue weighted by molar-refractivity contribution is 6.29. The van der Waals surface area contributed by atoms with Crippen LogP contribution in [0.4, 0.5) is 23.2 Å². The van der Waals surface area contributed by atoms with E-state index >= 15 is 0 Å². The molecule has 574 valence electrons. The summed E-state index contributed by atoms with van der Waals surface area (Å²) in [5.41, 5.74) is 15.6. The second-order valence-electron chi connectivity index (χ2n) is 24.0. The third-order valence-corrected chi connectivity index (χ3v) is 14.3. The van der Waals surface area contributed by atoms with Gasteiger partial charge in [-0.15, -0.1) is 0 Å². The SMILES string of the molecule is COc1ccc(C)cn1.COc1ccncc1C.Cc1cc[n+](O)cc1.Cc1ccc(Cl)nc1.Cc1ccc(F)nc1.Cc1ccc[n+](O)c1.Cc1cccc(C#N)c1.Cc1cccc(F)c1.Cc1cccc[n+]1O.Cc1ccccc1F.Cc1cccnc1F.Cc1cnc2ccccc2c1.[C-]#[N+]c1ccccc1C. The molecular formula is C90H97ClF4N11O5+3. The van der Waals surface area contributed by atoms with Crippen molar-refractivity contribution in [1.82, 2.24) is 29.9 Å². The van der Waals surface area contributed by atoms with Gasteiger partial charge in [-0.1, -0.05) is 121 Å². The van der Waals surface area contributed by atoms with Crippen molar-refractivity contribution in [3.8, 4) is 17.7 Å². The first-order valence-corrected chi connectivity index (χ1v) is 34.7. The maximum atomic E-state index is 12.3. The number of nitrogens with zero attached hydrogens (tertiary/aromatic N) is 11. The molecule has 0 aliphatic heterocycles. The minimum atomic E-state index is -0.421. The number of ether oxygens (including phenoxy) is 2. The first-order chi connectivity index (χ1) is 53.0. The van der Waals surface area contributed by atoms with Gasteiger partial charge in [-0.2, -0.15) is 14.0 Å². The van der Waals surface area contributed by atoms with Gasteiger partial charge in [0.1, 0.15) is 22.5 Å². The number of hydrogen-bond acceptors (Lipinski definition) is 12. The normalized spacial score (nSPS) is 9.17. The topological polar surface area (TPSA) is 196 Å². The molecule has 0 spiro atoms. The standard InChI is InChI=1S/C10H9N.2C8H7N.2C7H7F.2C7H9NO.C6H6ClN.2C6H6FN.3C6H8NO/c1-8-6-9-4-2-3-5-10(9)11-7-8;1-7-5-3-4-6-8(7)9-2;1-7-3-2-4-8(5-7)6-9;1-6-3-2-4-7(8)5-6;1-6-4-2-3-5-7(6)8;1-6-5-8-4-3-7(6)9-2;1-6-3-4-7(9-2)8-5-6;2*1-5-2-3-6(7)8-4-5;1-5-3-2-4-8-6(5)7;1-6-2-4-7(8)5-3-6;1-6-3-2-4-7(8)5-6;1-6-4-2-3-5-7(6)8/h2-7H,1H3;3-6H,1H3;2-5H,1H3;2*2-5H,1H3;2*3-5H,1-2H3;3*2-4H,1H3;3*2-5,8H,1H3/q;;;;;;;;;;3*+1. The number of aryl methyl sites for hydroxylation is 13. The molecule has 16 nitrogen and oxygen atoms in total. The number of methoxy groups -OCH3 is 2. The zero-order valence-corrected chi connectivity index (χ0v) is 66.0. The van der Waals surface area contributed by atoms with Crippen molar-refractivity contribution in [1.29, 1.82) is 5.26 Å². The minimum absolute atomic E-state index is 0.132. The fraction of sp³-hybridized carbons (Fsp3) is 0.167. The van der Waals surface area contributed by atoms with Gasteiger partial charge in [-0.25, -0.2) is 33.6 Å². The van der Waals surface area contributed by atoms with Crippen LogP contribution in [0, 0.1) is 131 Å². The molecule has 0 saturated heterocycles. The quantitative estimate of drug-likeness (QED) is 0.0488. The lowest BCUT2D eigenvalue weighted by Crippen LogP contribution is -2.32. The molecule has 9 heterocycles. The third-order valence-electron chi connectivity index (χ3n) is 14.1. The Kier molecular flexibility index (Phi) is 46.6. The first kappa shape index (κ1) is 93.8. The van der Waals surface area contributed by atoms with Gasteiger partial charge in [0.2, 0.25) is 54.5 Å². The second kappa shape index (κ2) is 55.2. The fourth-order valence-corrected chi connectivity index (χ4v) is 8.07. The van der Waals surface area contributed by atoms with Crippen molar-refractivity contribution in [2.45, 2.75) is 90.0 Å². The number of rotatable bonds is 2. The Labute approximate surface area is 655 Å². The number of fused-ring (bicyclic) bond motifs is 1. The molecule has 0 radical (unpaired) electrons.